The van der Waals surface area contributed by atoms with Crippen LogP contribution in [0.4, 0.5) is 5.69 Å². The number of hydrogen-bond donors (Lipinski definition) is 1. The predicted molar refractivity (Wildman–Crippen MR) is 106 cm³/mol. The molecule has 1 aliphatic rings. The highest BCUT2D eigenvalue weighted by molar-refractivity contribution is 8.00. The minimum absolute atomic E-state index is 0.0819. The molecule has 1 saturated carbocycles. The molecule has 0 aliphatic heterocycles. The molecule has 2 aromatic carbocycles. The number of aryl methyl sites for hydroxylation is 2. The molecule has 1 fully saturated rings. The zero-order valence-corrected chi connectivity index (χ0v) is 16.1. The van der Waals surface area contributed by atoms with Gasteiger partial charge >= 0.3 is 0 Å². The molecule has 0 spiro atoms. The van der Waals surface area contributed by atoms with Crippen LogP contribution < -0.4 is 5.32 Å². The molecule has 6 nitrogen and oxygen atoms in total. The van der Waals surface area contributed by atoms with Crippen LogP contribution in [-0.4, -0.2) is 26.1 Å². The maximum Gasteiger partial charge on any atom is 0.242 e. The van der Waals surface area contributed by atoms with E-state index in [0.717, 1.165) is 35.2 Å². The molecular formula is C20H21N5OS. The summed E-state index contributed by atoms with van der Waals surface area (Å²) in [6, 6.07) is 16.2. The summed E-state index contributed by atoms with van der Waals surface area (Å²) >= 11 is 1.39. The summed E-state index contributed by atoms with van der Waals surface area (Å²) in [7, 11) is 0. The third kappa shape index (κ3) is 4.19. The number of hydrogen-bond acceptors (Lipinski definition) is 5. The van der Waals surface area contributed by atoms with Crippen LogP contribution in [0.15, 0.2) is 53.7 Å². The van der Waals surface area contributed by atoms with Gasteiger partial charge < -0.3 is 5.32 Å². The second kappa shape index (κ2) is 7.52. The second-order valence-corrected chi connectivity index (χ2v) is 7.98. The van der Waals surface area contributed by atoms with E-state index >= 15 is 0 Å². The maximum absolute atomic E-state index is 13.1. The number of carbonyl (C=O) groups excluding carboxylic acids is 1. The van der Waals surface area contributed by atoms with Gasteiger partial charge in [0, 0.05) is 5.69 Å². The fourth-order valence-corrected chi connectivity index (χ4v) is 4.12. The molecule has 1 N–H and O–H groups in total. The summed E-state index contributed by atoms with van der Waals surface area (Å²) in [5.74, 6) is -0.0819. The fraction of sp³-hybridized carbons (Fsp3) is 0.300. The zero-order chi connectivity index (χ0) is 18.8. The highest BCUT2D eigenvalue weighted by Crippen LogP contribution is 2.40. The first-order valence-electron chi connectivity index (χ1n) is 8.99. The van der Waals surface area contributed by atoms with Gasteiger partial charge in [-0.25, -0.2) is 4.68 Å². The maximum atomic E-state index is 13.1. The average molecular weight is 379 g/mol. The van der Waals surface area contributed by atoms with Crippen molar-refractivity contribution in [3.05, 3.63) is 65.2 Å². The quantitative estimate of drug-likeness (QED) is 0.653. The molecule has 1 aliphatic carbocycles. The molecule has 0 saturated heterocycles. The Labute approximate surface area is 162 Å². The minimum atomic E-state index is -0.435. The largest absolute Gasteiger partial charge is 0.325 e. The topological polar surface area (TPSA) is 72.7 Å². The Kier molecular flexibility index (Phi) is 4.94. The van der Waals surface area contributed by atoms with E-state index < -0.39 is 5.25 Å². The Morgan fingerprint density at radius 3 is 2.52 bits per heavy atom. The van der Waals surface area contributed by atoms with Gasteiger partial charge in [0.05, 0.1) is 6.04 Å². The number of nitrogens with one attached hydrogen (secondary N) is 1. The van der Waals surface area contributed by atoms with Crippen LogP contribution in [0.1, 0.15) is 40.8 Å². The lowest BCUT2D eigenvalue weighted by Crippen LogP contribution is -2.19. The Morgan fingerprint density at radius 2 is 1.85 bits per heavy atom. The first-order valence-corrected chi connectivity index (χ1v) is 9.87. The standard InChI is InChI=1S/C20H21N5OS/c1-13-10-14(2)12-16(11-13)21-19(26)18(15-6-4-3-5-7-15)27-20-22-23-24-25(20)17-8-9-17/h3-7,10-12,17-18H,8-9H2,1-2H3,(H,21,26)/t18-/m0/s1. The molecule has 0 bridgehead atoms. The summed E-state index contributed by atoms with van der Waals surface area (Å²) in [4.78, 5) is 13.1. The first-order chi connectivity index (χ1) is 13.1. The summed E-state index contributed by atoms with van der Waals surface area (Å²) in [6.45, 7) is 4.05. The van der Waals surface area contributed by atoms with E-state index in [2.05, 4.69) is 26.9 Å². The molecule has 1 atom stereocenters. The molecule has 1 aromatic heterocycles. The number of anilines is 1. The van der Waals surface area contributed by atoms with Gasteiger partial charge in [-0.1, -0.05) is 48.2 Å². The van der Waals surface area contributed by atoms with Crippen LogP contribution in [0.5, 0.6) is 0 Å². The predicted octanol–water partition coefficient (Wildman–Crippen LogP) is 4.10. The van der Waals surface area contributed by atoms with Crippen LogP contribution in [-0.2, 0) is 4.79 Å². The normalized spacial score (nSPS) is 14.7. The summed E-state index contributed by atoms with van der Waals surface area (Å²) < 4.78 is 1.84. The summed E-state index contributed by atoms with van der Waals surface area (Å²) in [6.07, 6.45) is 2.17. The summed E-state index contributed by atoms with van der Waals surface area (Å²) in [5, 5.41) is 15.4. The molecule has 138 valence electrons. The van der Waals surface area contributed by atoms with Crippen molar-refractivity contribution in [3.63, 3.8) is 0 Å². The van der Waals surface area contributed by atoms with E-state index in [1.54, 1.807) is 0 Å². The number of nitrogens with zero attached hydrogens (tertiary/aromatic N) is 4. The van der Waals surface area contributed by atoms with E-state index in [0.29, 0.717) is 11.2 Å². The number of carbonyl (C=O) groups is 1. The smallest absolute Gasteiger partial charge is 0.242 e. The van der Waals surface area contributed by atoms with E-state index in [9.17, 15) is 4.79 Å². The molecular weight excluding hydrogens is 358 g/mol. The van der Waals surface area contributed by atoms with Crippen molar-refractivity contribution in [2.45, 2.75) is 43.1 Å². The van der Waals surface area contributed by atoms with Gasteiger partial charge in [0.1, 0.15) is 5.25 Å². The van der Waals surface area contributed by atoms with Crippen molar-refractivity contribution in [2.24, 2.45) is 0 Å². The van der Waals surface area contributed by atoms with Crippen molar-refractivity contribution in [1.82, 2.24) is 20.2 Å². The third-order valence-corrected chi connectivity index (χ3v) is 5.61. The lowest BCUT2D eigenvalue weighted by molar-refractivity contribution is -0.115. The van der Waals surface area contributed by atoms with Crippen molar-refractivity contribution >= 4 is 23.4 Å². The highest BCUT2D eigenvalue weighted by Gasteiger charge is 2.31. The number of aromatic nitrogens is 4. The first kappa shape index (κ1) is 17.7. The van der Waals surface area contributed by atoms with Crippen molar-refractivity contribution in [1.29, 1.82) is 0 Å². The van der Waals surface area contributed by atoms with Crippen LogP contribution in [0.25, 0.3) is 0 Å². The highest BCUT2D eigenvalue weighted by atomic mass is 32.2. The molecule has 0 radical (unpaired) electrons. The van der Waals surface area contributed by atoms with Crippen LogP contribution in [0, 0.1) is 13.8 Å². The van der Waals surface area contributed by atoms with Gasteiger partial charge in [-0.05, 0) is 65.9 Å². The monoisotopic (exact) mass is 379 g/mol. The molecule has 1 heterocycles. The number of tetrazole rings is 1. The van der Waals surface area contributed by atoms with E-state index in [-0.39, 0.29) is 5.91 Å². The average Bonchev–Trinajstić information content (AvgIpc) is 3.38. The number of amides is 1. The Hall–Kier alpha value is -2.67. The van der Waals surface area contributed by atoms with Gasteiger partial charge in [0.2, 0.25) is 11.1 Å². The molecule has 0 unspecified atom stereocenters. The number of benzene rings is 2. The molecule has 27 heavy (non-hydrogen) atoms. The molecule has 7 heteroatoms. The van der Waals surface area contributed by atoms with Crippen LogP contribution >= 0.6 is 11.8 Å². The van der Waals surface area contributed by atoms with E-state index in [4.69, 9.17) is 0 Å². The van der Waals surface area contributed by atoms with Gasteiger partial charge in [0.25, 0.3) is 0 Å². The van der Waals surface area contributed by atoms with Gasteiger partial charge in [-0.2, -0.15) is 0 Å². The molecule has 1 amide bonds. The van der Waals surface area contributed by atoms with E-state index in [1.807, 2.05) is 61.0 Å². The van der Waals surface area contributed by atoms with Gasteiger partial charge in [-0.3, -0.25) is 4.79 Å². The molecule has 3 aromatic rings. The van der Waals surface area contributed by atoms with Crippen molar-refractivity contribution < 1.29 is 4.79 Å². The Balaban J connectivity index is 1.61. The third-order valence-electron chi connectivity index (χ3n) is 4.41. The van der Waals surface area contributed by atoms with Crippen LogP contribution in [0.2, 0.25) is 0 Å². The van der Waals surface area contributed by atoms with Gasteiger partial charge in [-0.15, -0.1) is 5.10 Å². The summed E-state index contributed by atoms with van der Waals surface area (Å²) in [5.41, 5.74) is 3.97. The Morgan fingerprint density at radius 1 is 1.15 bits per heavy atom. The molecule has 4 rings (SSSR count). The zero-order valence-electron chi connectivity index (χ0n) is 15.3. The Bertz CT molecular complexity index is 932. The fourth-order valence-electron chi connectivity index (χ4n) is 3.07. The SMILES string of the molecule is Cc1cc(C)cc(NC(=O)[C@@H](Sc2nnnn2C2CC2)c2ccccc2)c1. The van der Waals surface area contributed by atoms with E-state index in [1.165, 1.54) is 11.8 Å². The lowest BCUT2D eigenvalue weighted by atomic mass is 10.1. The number of thioether (sulfide) groups is 1. The lowest BCUT2D eigenvalue weighted by Gasteiger charge is -2.17. The minimum Gasteiger partial charge on any atom is -0.325 e. The van der Waals surface area contributed by atoms with Gasteiger partial charge in [0.15, 0.2) is 0 Å². The van der Waals surface area contributed by atoms with Crippen molar-refractivity contribution in [3.8, 4) is 0 Å². The number of rotatable bonds is 6. The van der Waals surface area contributed by atoms with Crippen molar-refractivity contribution in [2.75, 3.05) is 5.32 Å². The van der Waals surface area contributed by atoms with Crippen LogP contribution in [0.3, 0.4) is 0 Å². The second-order valence-electron chi connectivity index (χ2n) is 6.91.